The molecule has 1 fully saturated rings. The Morgan fingerprint density at radius 2 is 2.31 bits per heavy atom. The van der Waals surface area contributed by atoms with Gasteiger partial charge in [0.15, 0.2) is 5.11 Å². The lowest BCUT2D eigenvalue weighted by atomic mass is 10.3. The summed E-state index contributed by atoms with van der Waals surface area (Å²) in [6.45, 7) is 3.70. The van der Waals surface area contributed by atoms with Crippen LogP contribution in [0.5, 0.6) is 0 Å². The molecule has 0 aromatic carbocycles. The van der Waals surface area contributed by atoms with Crippen molar-refractivity contribution in [2.24, 2.45) is 0 Å². The molecule has 0 spiro atoms. The summed E-state index contributed by atoms with van der Waals surface area (Å²) >= 11 is 7.29. The van der Waals surface area contributed by atoms with Gasteiger partial charge in [0, 0.05) is 24.9 Å². The van der Waals surface area contributed by atoms with E-state index in [0.717, 1.165) is 16.9 Å². The monoisotopic (exact) mass is 262 g/mol. The molecule has 2 N–H and O–H groups in total. The third-order valence-corrected chi connectivity index (χ3v) is 4.21. The van der Waals surface area contributed by atoms with E-state index in [9.17, 15) is 0 Å². The molecule has 0 bridgehead atoms. The topological polar surface area (TPSA) is 33.3 Å². The fourth-order valence-corrected chi connectivity index (χ4v) is 3.37. The van der Waals surface area contributed by atoms with Gasteiger partial charge in [0.1, 0.15) is 0 Å². The molecule has 1 aliphatic rings. The number of thioether (sulfide) groups is 1. The standard InChI is InChI=1S/C11H22N2OS2/c1-3-16-10-5-4-9(8-10)13-11(15)12-6-7-14-2/h9-10H,3-8H2,1-2H3,(H2,12,13,15). The van der Waals surface area contributed by atoms with E-state index in [1.165, 1.54) is 25.0 Å². The lowest BCUT2D eigenvalue weighted by Gasteiger charge is -2.16. The van der Waals surface area contributed by atoms with Crippen LogP contribution in [0.3, 0.4) is 0 Å². The van der Waals surface area contributed by atoms with Crippen LogP contribution in [0.2, 0.25) is 0 Å². The van der Waals surface area contributed by atoms with E-state index >= 15 is 0 Å². The second kappa shape index (κ2) is 8.14. The van der Waals surface area contributed by atoms with Crippen LogP contribution in [0, 0.1) is 0 Å². The second-order valence-corrected chi connectivity index (χ2v) is 5.97. The molecule has 1 rings (SSSR count). The minimum Gasteiger partial charge on any atom is -0.383 e. The molecule has 1 saturated carbocycles. The summed E-state index contributed by atoms with van der Waals surface area (Å²) in [4.78, 5) is 0. The van der Waals surface area contributed by atoms with Gasteiger partial charge in [-0.1, -0.05) is 6.92 Å². The van der Waals surface area contributed by atoms with Crippen LogP contribution >= 0.6 is 24.0 Å². The van der Waals surface area contributed by atoms with Crippen molar-refractivity contribution in [3.63, 3.8) is 0 Å². The Labute approximate surface area is 108 Å². The van der Waals surface area contributed by atoms with Crippen molar-refractivity contribution >= 4 is 29.1 Å². The van der Waals surface area contributed by atoms with Gasteiger partial charge in [0.2, 0.25) is 0 Å². The molecular formula is C11H22N2OS2. The zero-order chi connectivity index (χ0) is 11.8. The molecule has 0 amide bonds. The summed E-state index contributed by atoms with van der Waals surface area (Å²) in [5.74, 6) is 1.22. The molecule has 0 saturated heterocycles. The molecule has 16 heavy (non-hydrogen) atoms. The van der Waals surface area contributed by atoms with Crippen LogP contribution in [-0.2, 0) is 4.74 Å². The predicted octanol–water partition coefficient (Wildman–Crippen LogP) is 1.77. The number of ether oxygens (including phenoxy) is 1. The molecule has 2 unspecified atom stereocenters. The number of hydrogen-bond acceptors (Lipinski definition) is 3. The first-order valence-corrected chi connectivity index (χ1v) is 7.36. The van der Waals surface area contributed by atoms with Crippen LogP contribution in [0.4, 0.5) is 0 Å². The highest BCUT2D eigenvalue weighted by Gasteiger charge is 2.24. The van der Waals surface area contributed by atoms with Crippen molar-refractivity contribution in [3.05, 3.63) is 0 Å². The first-order chi connectivity index (χ1) is 7.76. The highest BCUT2D eigenvalue weighted by atomic mass is 32.2. The molecule has 0 aliphatic heterocycles. The average molecular weight is 262 g/mol. The molecule has 0 radical (unpaired) electrons. The quantitative estimate of drug-likeness (QED) is 0.563. The van der Waals surface area contributed by atoms with Gasteiger partial charge in [-0.05, 0) is 37.2 Å². The van der Waals surface area contributed by atoms with E-state index in [4.69, 9.17) is 17.0 Å². The van der Waals surface area contributed by atoms with Gasteiger partial charge in [0.25, 0.3) is 0 Å². The lowest BCUT2D eigenvalue weighted by Crippen LogP contribution is -2.42. The maximum absolute atomic E-state index is 5.22. The number of rotatable bonds is 6. The Kier molecular flexibility index (Phi) is 7.16. The number of thiocarbonyl (C=S) groups is 1. The summed E-state index contributed by atoms with van der Waals surface area (Å²) in [6, 6.07) is 0.562. The Morgan fingerprint density at radius 3 is 3.00 bits per heavy atom. The van der Waals surface area contributed by atoms with E-state index in [-0.39, 0.29) is 0 Å². The average Bonchev–Trinajstić information content (AvgIpc) is 2.66. The number of hydrogen-bond donors (Lipinski definition) is 2. The third-order valence-electron chi connectivity index (χ3n) is 2.71. The molecule has 2 atom stereocenters. The van der Waals surface area contributed by atoms with Crippen LogP contribution in [0.25, 0.3) is 0 Å². The summed E-state index contributed by atoms with van der Waals surface area (Å²) < 4.78 is 4.96. The van der Waals surface area contributed by atoms with Gasteiger partial charge in [-0.3, -0.25) is 0 Å². The Morgan fingerprint density at radius 1 is 1.50 bits per heavy atom. The van der Waals surface area contributed by atoms with Gasteiger partial charge in [0.05, 0.1) is 6.61 Å². The smallest absolute Gasteiger partial charge is 0.166 e. The van der Waals surface area contributed by atoms with E-state index in [1.54, 1.807) is 7.11 Å². The SMILES string of the molecule is CCSC1CCC(NC(=S)NCCOC)C1. The molecule has 5 heteroatoms. The van der Waals surface area contributed by atoms with E-state index < -0.39 is 0 Å². The molecule has 3 nitrogen and oxygen atoms in total. The Hall–Kier alpha value is -0.0000000000000000486. The Bertz CT molecular complexity index is 214. The minimum absolute atomic E-state index is 0.562. The van der Waals surface area contributed by atoms with Gasteiger partial charge < -0.3 is 15.4 Å². The largest absolute Gasteiger partial charge is 0.383 e. The highest BCUT2D eigenvalue weighted by Crippen LogP contribution is 2.29. The van der Waals surface area contributed by atoms with Gasteiger partial charge in [-0.2, -0.15) is 11.8 Å². The van der Waals surface area contributed by atoms with Crippen LogP contribution in [0.1, 0.15) is 26.2 Å². The third kappa shape index (κ3) is 5.37. The second-order valence-electron chi connectivity index (χ2n) is 3.98. The minimum atomic E-state index is 0.562. The molecule has 0 aromatic heterocycles. The summed E-state index contributed by atoms with van der Waals surface area (Å²) in [5.41, 5.74) is 0. The summed E-state index contributed by atoms with van der Waals surface area (Å²) in [7, 11) is 1.70. The van der Waals surface area contributed by atoms with Gasteiger partial charge in [-0.15, -0.1) is 0 Å². The molecule has 0 aromatic rings. The number of nitrogens with one attached hydrogen (secondary N) is 2. The van der Waals surface area contributed by atoms with Gasteiger partial charge >= 0.3 is 0 Å². The van der Waals surface area contributed by atoms with E-state index in [1.807, 2.05) is 0 Å². The molecule has 1 aliphatic carbocycles. The normalized spacial score (nSPS) is 24.4. The van der Waals surface area contributed by atoms with Gasteiger partial charge in [-0.25, -0.2) is 0 Å². The molecule has 0 heterocycles. The van der Waals surface area contributed by atoms with Crippen molar-refractivity contribution in [2.75, 3.05) is 26.0 Å². The summed E-state index contributed by atoms with van der Waals surface area (Å²) in [6.07, 6.45) is 3.80. The number of methoxy groups -OCH3 is 1. The summed E-state index contributed by atoms with van der Waals surface area (Å²) in [5, 5.41) is 8.11. The fourth-order valence-electron chi connectivity index (χ4n) is 1.96. The van der Waals surface area contributed by atoms with E-state index in [2.05, 4.69) is 29.3 Å². The molecular weight excluding hydrogens is 240 g/mol. The van der Waals surface area contributed by atoms with Crippen molar-refractivity contribution < 1.29 is 4.74 Å². The lowest BCUT2D eigenvalue weighted by molar-refractivity contribution is 0.204. The van der Waals surface area contributed by atoms with E-state index in [0.29, 0.717) is 12.6 Å². The fraction of sp³-hybridized carbons (Fsp3) is 0.909. The van der Waals surface area contributed by atoms with Crippen LogP contribution < -0.4 is 10.6 Å². The van der Waals surface area contributed by atoms with Crippen LogP contribution in [-0.4, -0.2) is 42.4 Å². The maximum atomic E-state index is 5.22. The van der Waals surface area contributed by atoms with Crippen molar-refractivity contribution in [1.29, 1.82) is 0 Å². The van der Waals surface area contributed by atoms with Crippen molar-refractivity contribution in [1.82, 2.24) is 10.6 Å². The zero-order valence-corrected chi connectivity index (χ0v) is 11.8. The predicted molar refractivity (Wildman–Crippen MR) is 75.2 cm³/mol. The zero-order valence-electron chi connectivity index (χ0n) is 10.1. The maximum Gasteiger partial charge on any atom is 0.166 e. The Balaban J connectivity index is 2.11. The van der Waals surface area contributed by atoms with Crippen LogP contribution in [0.15, 0.2) is 0 Å². The highest BCUT2D eigenvalue weighted by molar-refractivity contribution is 7.99. The molecule has 94 valence electrons. The first-order valence-electron chi connectivity index (χ1n) is 5.91. The van der Waals surface area contributed by atoms with Crippen molar-refractivity contribution in [2.45, 2.75) is 37.5 Å². The first kappa shape index (κ1) is 14.1. The van der Waals surface area contributed by atoms with Crippen molar-refractivity contribution in [3.8, 4) is 0 Å².